The Hall–Kier alpha value is -2.54. The van der Waals surface area contributed by atoms with Gasteiger partial charge in [0, 0.05) is 22.9 Å². The molecule has 3 aromatic carbocycles. The third-order valence-electron chi connectivity index (χ3n) is 6.62. The summed E-state index contributed by atoms with van der Waals surface area (Å²) in [6.45, 7) is 1.69. The van der Waals surface area contributed by atoms with Gasteiger partial charge in [0.15, 0.2) is 0 Å². The number of hydrogen-bond acceptors (Lipinski definition) is 4. The van der Waals surface area contributed by atoms with Crippen LogP contribution in [0.1, 0.15) is 18.0 Å². The van der Waals surface area contributed by atoms with Crippen molar-refractivity contribution in [1.29, 1.82) is 0 Å². The fraction of sp³-hybridized carbons (Fsp3) is 0.250. The number of amides is 2. The minimum Gasteiger partial charge on any atom is -0.274 e. The van der Waals surface area contributed by atoms with Crippen LogP contribution in [0.5, 0.6) is 0 Å². The van der Waals surface area contributed by atoms with Gasteiger partial charge in [-0.1, -0.05) is 64.5 Å². The first-order chi connectivity index (χ1) is 14.6. The Morgan fingerprint density at radius 3 is 2.27 bits per heavy atom. The quantitative estimate of drug-likeness (QED) is 0.538. The van der Waals surface area contributed by atoms with Gasteiger partial charge in [-0.05, 0) is 35.6 Å². The van der Waals surface area contributed by atoms with Crippen molar-refractivity contribution in [1.82, 2.24) is 10.0 Å². The molecule has 3 saturated heterocycles. The van der Waals surface area contributed by atoms with Crippen molar-refractivity contribution in [3.8, 4) is 0 Å². The summed E-state index contributed by atoms with van der Waals surface area (Å²) in [5, 5.41) is 6.34. The van der Waals surface area contributed by atoms with Crippen LogP contribution in [0, 0.1) is 5.92 Å². The summed E-state index contributed by atoms with van der Waals surface area (Å²) < 4.78 is 1.00. The Labute approximate surface area is 183 Å². The van der Waals surface area contributed by atoms with Gasteiger partial charge in [-0.3, -0.25) is 9.59 Å². The van der Waals surface area contributed by atoms with Crippen molar-refractivity contribution in [3.63, 3.8) is 0 Å². The van der Waals surface area contributed by atoms with E-state index in [-0.39, 0.29) is 17.9 Å². The normalized spacial score (nSPS) is 26.6. The van der Waals surface area contributed by atoms with Gasteiger partial charge in [-0.2, -0.15) is 0 Å². The summed E-state index contributed by atoms with van der Waals surface area (Å²) in [6, 6.07) is 21.3. The number of rotatable bonds is 2. The maximum Gasteiger partial charge on any atom is 0.253 e. The molecule has 6 heteroatoms. The zero-order valence-electron chi connectivity index (χ0n) is 16.2. The predicted molar refractivity (Wildman–Crippen MR) is 119 cm³/mol. The SMILES string of the molecule is O=C1[C@@H]2[C@@H](C(=O)N1c1cccc3ccccc13)N1CCCN1[C@H]2c1ccc(Br)cc1. The molecular weight excluding hydrogens is 442 g/mol. The number of imide groups is 1. The van der Waals surface area contributed by atoms with Crippen molar-refractivity contribution < 1.29 is 9.59 Å². The average Bonchev–Trinajstić information content (AvgIpc) is 3.41. The van der Waals surface area contributed by atoms with Crippen molar-refractivity contribution in [2.45, 2.75) is 18.5 Å². The first kappa shape index (κ1) is 18.2. The molecule has 0 aliphatic carbocycles. The van der Waals surface area contributed by atoms with E-state index < -0.39 is 12.0 Å². The Balaban J connectivity index is 1.48. The zero-order chi connectivity index (χ0) is 20.4. The lowest BCUT2D eigenvalue weighted by Gasteiger charge is -2.30. The molecule has 0 N–H and O–H groups in total. The van der Waals surface area contributed by atoms with Crippen LogP contribution in [0.2, 0.25) is 0 Å². The highest BCUT2D eigenvalue weighted by Gasteiger charge is 2.62. The van der Waals surface area contributed by atoms with E-state index in [1.807, 2.05) is 54.6 Å². The average molecular weight is 462 g/mol. The van der Waals surface area contributed by atoms with Gasteiger partial charge in [0.1, 0.15) is 6.04 Å². The zero-order valence-corrected chi connectivity index (χ0v) is 17.8. The second kappa shape index (κ2) is 6.74. The first-order valence-electron chi connectivity index (χ1n) is 10.3. The van der Waals surface area contributed by atoms with Gasteiger partial charge in [0.25, 0.3) is 5.91 Å². The fourth-order valence-corrected chi connectivity index (χ4v) is 5.68. The van der Waals surface area contributed by atoms with Gasteiger partial charge in [-0.15, -0.1) is 0 Å². The molecule has 30 heavy (non-hydrogen) atoms. The van der Waals surface area contributed by atoms with Crippen molar-refractivity contribution in [2.75, 3.05) is 18.0 Å². The highest BCUT2D eigenvalue weighted by atomic mass is 79.9. The second-order valence-electron chi connectivity index (χ2n) is 8.16. The molecule has 3 aliphatic rings. The molecule has 5 nitrogen and oxygen atoms in total. The Kier molecular flexibility index (Phi) is 4.10. The van der Waals surface area contributed by atoms with Crippen LogP contribution < -0.4 is 4.90 Å². The molecule has 3 aliphatic heterocycles. The number of fused-ring (bicyclic) bond motifs is 4. The smallest absolute Gasteiger partial charge is 0.253 e. The molecule has 3 fully saturated rings. The second-order valence-corrected chi connectivity index (χ2v) is 9.07. The molecule has 2 amide bonds. The topological polar surface area (TPSA) is 43.9 Å². The van der Waals surface area contributed by atoms with Crippen molar-refractivity contribution >= 4 is 44.2 Å². The third kappa shape index (κ3) is 2.47. The van der Waals surface area contributed by atoms with Crippen molar-refractivity contribution in [3.05, 3.63) is 76.8 Å². The Morgan fingerprint density at radius 1 is 0.767 bits per heavy atom. The molecule has 6 rings (SSSR count). The van der Waals surface area contributed by atoms with E-state index in [0.29, 0.717) is 5.69 Å². The Morgan fingerprint density at radius 2 is 1.47 bits per heavy atom. The lowest BCUT2D eigenvalue weighted by atomic mass is 9.90. The van der Waals surface area contributed by atoms with Gasteiger partial charge < -0.3 is 0 Å². The molecule has 0 aromatic heterocycles. The summed E-state index contributed by atoms with van der Waals surface area (Å²) in [5.74, 6) is -0.588. The number of nitrogens with zero attached hydrogens (tertiary/aromatic N) is 3. The van der Waals surface area contributed by atoms with Gasteiger partial charge in [-0.25, -0.2) is 14.9 Å². The van der Waals surface area contributed by atoms with E-state index in [1.54, 1.807) is 0 Å². The first-order valence-corrected chi connectivity index (χ1v) is 11.1. The van der Waals surface area contributed by atoms with E-state index in [4.69, 9.17) is 0 Å². The Bertz CT molecular complexity index is 1170. The lowest BCUT2D eigenvalue weighted by Crippen LogP contribution is -2.44. The molecule has 3 heterocycles. The minimum atomic E-state index is -0.424. The number of hydrogen-bond donors (Lipinski definition) is 0. The van der Waals surface area contributed by atoms with Crippen LogP contribution in [0.25, 0.3) is 10.8 Å². The van der Waals surface area contributed by atoms with Crippen LogP contribution in [-0.2, 0) is 9.59 Å². The van der Waals surface area contributed by atoms with Crippen LogP contribution >= 0.6 is 15.9 Å². The molecule has 3 aromatic rings. The van der Waals surface area contributed by atoms with Crippen LogP contribution in [0.3, 0.4) is 0 Å². The molecule has 0 saturated carbocycles. The highest BCUT2D eigenvalue weighted by molar-refractivity contribution is 9.10. The molecule has 0 radical (unpaired) electrons. The molecule has 0 unspecified atom stereocenters. The van der Waals surface area contributed by atoms with E-state index in [9.17, 15) is 9.59 Å². The number of benzene rings is 3. The molecule has 0 bridgehead atoms. The van der Waals surface area contributed by atoms with Crippen molar-refractivity contribution in [2.24, 2.45) is 5.92 Å². The molecule has 0 spiro atoms. The molecule has 3 atom stereocenters. The van der Waals surface area contributed by atoms with Crippen LogP contribution in [0.15, 0.2) is 71.2 Å². The summed E-state index contributed by atoms with van der Waals surface area (Å²) in [5.41, 5.74) is 1.77. The van der Waals surface area contributed by atoms with Gasteiger partial charge >= 0.3 is 0 Å². The minimum absolute atomic E-state index is 0.0938. The number of hydrazine groups is 1. The van der Waals surface area contributed by atoms with E-state index in [2.05, 4.69) is 38.1 Å². The predicted octanol–water partition coefficient (Wildman–Crippen LogP) is 4.14. The monoisotopic (exact) mass is 461 g/mol. The maximum atomic E-state index is 13.8. The number of halogens is 1. The number of carbonyl (C=O) groups excluding carboxylic acids is 2. The van der Waals surface area contributed by atoms with E-state index in [0.717, 1.165) is 40.3 Å². The van der Waals surface area contributed by atoms with Crippen LogP contribution in [-0.4, -0.2) is 41.0 Å². The summed E-state index contributed by atoms with van der Waals surface area (Å²) >= 11 is 3.50. The third-order valence-corrected chi connectivity index (χ3v) is 7.15. The summed E-state index contributed by atoms with van der Waals surface area (Å²) in [7, 11) is 0. The number of carbonyl (C=O) groups is 2. The summed E-state index contributed by atoms with van der Waals surface area (Å²) in [6.07, 6.45) is 1.01. The summed E-state index contributed by atoms with van der Waals surface area (Å²) in [4.78, 5) is 28.9. The highest BCUT2D eigenvalue weighted by Crippen LogP contribution is 2.49. The molecule has 150 valence electrons. The van der Waals surface area contributed by atoms with Gasteiger partial charge in [0.2, 0.25) is 5.91 Å². The van der Waals surface area contributed by atoms with Crippen LogP contribution in [0.4, 0.5) is 5.69 Å². The maximum absolute atomic E-state index is 13.8. The lowest BCUT2D eigenvalue weighted by molar-refractivity contribution is -0.126. The standard InChI is InChI=1S/C24H20BrN3O2/c25-17-11-9-16(10-12-17)21-20-22(27-14-4-13-26(21)27)24(30)28(23(20)29)19-8-3-6-15-5-1-2-7-18(15)19/h1-3,5-12,20-22H,4,13-14H2/t20-,21-,22-/m0/s1. The fourth-order valence-electron chi connectivity index (χ4n) is 5.41. The van der Waals surface area contributed by atoms with E-state index in [1.165, 1.54) is 4.90 Å². The van der Waals surface area contributed by atoms with E-state index >= 15 is 0 Å². The number of anilines is 1. The largest absolute Gasteiger partial charge is 0.274 e. The van der Waals surface area contributed by atoms with Gasteiger partial charge in [0.05, 0.1) is 17.6 Å². The molecular formula is C24H20BrN3O2.